The SMILES string of the molecule is CC(C)NCc1cc(Br)ccc1OCCC(C)(C)C#N. The van der Waals surface area contributed by atoms with Gasteiger partial charge < -0.3 is 10.1 Å². The fourth-order valence-electron chi connectivity index (χ4n) is 1.61. The normalized spacial score (nSPS) is 11.4. The Balaban J connectivity index is 2.67. The second kappa shape index (κ2) is 7.66. The summed E-state index contributed by atoms with van der Waals surface area (Å²) in [4.78, 5) is 0. The maximum atomic E-state index is 9.01. The van der Waals surface area contributed by atoms with Gasteiger partial charge in [-0.25, -0.2) is 0 Å². The van der Waals surface area contributed by atoms with Gasteiger partial charge in [0.25, 0.3) is 0 Å². The summed E-state index contributed by atoms with van der Waals surface area (Å²) in [5, 5.41) is 12.4. The van der Waals surface area contributed by atoms with Gasteiger partial charge in [-0.3, -0.25) is 0 Å². The van der Waals surface area contributed by atoms with Crippen molar-refractivity contribution in [3.63, 3.8) is 0 Å². The van der Waals surface area contributed by atoms with Crippen molar-refractivity contribution in [2.45, 2.75) is 46.7 Å². The third-order valence-electron chi connectivity index (χ3n) is 3.01. The van der Waals surface area contributed by atoms with E-state index in [2.05, 4.69) is 47.2 Å². The largest absolute Gasteiger partial charge is 0.493 e. The van der Waals surface area contributed by atoms with Crippen LogP contribution in [0.3, 0.4) is 0 Å². The van der Waals surface area contributed by atoms with Crippen molar-refractivity contribution in [2.75, 3.05) is 6.61 Å². The molecule has 0 radical (unpaired) electrons. The molecule has 1 N–H and O–H groups in total. The first-order valence-corrected chi connectivity index (χ1v) is 7.69. The molecule has 4 heteroatoms. The topological polar surface area (TPSA) is 45.0 Å². The Kier molecular flexibility index (Phi) is 6.51. The van der Waals surface area contributed by atoms with Gasteiger partial charge in [0, 0.05) is 22.6 Å². The summed E-state index contributed by atoms with van der Waals surface area (Å²) >= 11 is 3.49. The van der Waals surface area contributed by atoms with Crippen LogP contribution in [0.1, 0.15) is 39.7 Å². The molecule has 20 heavy (non-hydrogen) atoms. The van der Waals surface area contributed by atoms with Crippen LogP contribution < -0.4 is 10.1 Å². The lowest BCUT2D eigenvalue weighted by Crippen LogP contribution is -2.22. The minimum Gasteiger partial charge on any atom is -0.493 e. The van der Waals surface area contributed by atoms with Gasteiger partial charge in [-0.15, -0.1) is 0 Å². The molecule has 0 atom stereocenters. The van der Waals surface area contributed by atoms with Crippen LogP contribution in [0.4, 0.5) is 0 Å². The predicted molar refractivity (Wildman–Crippen MR) is 85.6 cm³/mol. The van der Waals surface area contributed by atoms with Crippen molar-refractivity contribution in [1.29, 1.82) is 5.26 Å². The van der Waals surface area contributed by atoms with Crippen LogP contribution in [0, 0.1) is 16.7 Å². The molecule has 0 aliphatic heterocycles. The number of nitrogens with zero attached hydrogens (tertiary/aromatic N) is 1. The molecule has 110 valence electrons. The van der Waals surface area contributed by atoms with Gasteiger partial charge >= 0.3 is 0 Å². The number of halogens is 1. The molecule has 0 aliphatic carbocycles. The third kappa shape index (κ3) is 5.94. The van der Waals surface area contributed by atoms with Gasteiger partial charge in [0.05, 0.1) is 18.1 Å². The Hall–Kier alpha value is -1.05. The zero-order valence-corrected chi connectivity index (χ0v) is 14.3. The zero-order valence-electron chi connectivity index (χ0n) is 12.7. The first-order chi connectivity index (χ1) is 9.34. The van der Waals surface area contributed by atoms with Crippen molar-refractivity contribution >= 4 is 15.9 Å². The van der Waals surface area contributed by atoms with E-state index in [4.69, 9.17) is 10.00 Å². The molecule has 0 saturated carbocycles. The van der Waals surface area contributed by atoms with Crippen LogP contribution in [0.25, 0.3) is 0 Å². The Morgan fingerprint density at radius 2 is 2.10 bits per heavy atom. The number of nitrogens with one attached hydrogen (secondary N) is 1. The average Bonchev–Trinajstić information content (AvgIpc) is 2.38. The van der Waals surface area contributed by atoms with Crippen molar-refractivity contribution in [3.05, 3.63) is 28.2 Å². The second-order valence-electron chi connectivity index (χ2n) is 5.88. The number of nitriles is 1. The maximum absolute atomic E-state index is 9.01. The van der Waals surface area contributed by atoms with E-state index in [-0.39, 0.29) is 5.41 Å². The molecule has 0 aromatic heterocycles. The molecule has 1 aromatic rings. The predicted octanol–water partition coefficient (Wildman–Crippen LogP) is 4.27. The lowest BCUT2D eigenvalue weighted by atomic mass is 9.92. The summed E-state index contributed by atoms with van der Waals surface area (Å²) in [6.07, 6.45) is 0.719. The van der Waals surface area contributed by atoms with Gasteiger partial charge in [-0.05, 0) is 38.5 Å². The summed E-state index contributed by atoms with van der Waals surface area (Å²) in [5.41, 5.74) is 0.786. The summed E-state index contributed by atoms with van der Waals surface area (Å²) in [6.45, 7) is 9.42. The molecule has 1 aromatic carbocycles. The van der Waals surface area contributed by atoms with Crippen LogP contribution in [0.15, 0.2) is 22.7 Å². The number of ether oxygens (including phenoxy) is 1. The van der Waals surface area contributed by atoms with Crippen molar-refractivity contribution in [1.82, 2.24) is 5.32 Å². The van der Waals surface area contributed by atoms with Gasteiger partial charge in [-0.2, -0.15) is 5.26 Å². The number of hydrogen-bond acceptors (Lipinski definition) is 3. The molecule has 3 nitrogen and oxygen atoms in total. The van der Waals surface area contributed by atoms with Crippen LogP contribution in [-0.2, 0) is 6.54 Å². The molecule has 1 rings (SSSR count). The molecular formula is C16H23BrN2O. The van der Waals surface area contributed by atoms with Crippen molar-refractivity contribution < 1.29 is 4.74 Å². The number of rotatable bonds is 7. The van der Waals surface area contributed by atoms with Crippen LogP contribution in [0.5, 0.6) is 5.75 Å². The zero-order chi connectivity index (χ0) is 15.2. The summed E-state index contributed by atoms with van der Waals surface area (Å²) in [7, 11) is 0. The minimum absolute atomic E-state index is 0.342. The Bertz CT molecular complexity index is 478. The first kappa shape index (κ1) is 17.0. The highest BCUT2D eigenvalue weighted by atomic mass is 79.9. The molecule has 0 aliphatic rings. The number of hydrogen-bond donors (Lipinski definition) is 1. The number of benzene rings is 1. The van der Waals surface area contributed by atoms with E-state index >= 15 is 0 Å². The van der Waals surface area contributed by atoms with E-state index in [9.17, 15) is 0 Å². The average molecular weight is 339 g/mol. The highest BCUT2D eigenvalue weighted by molar-refractivity contribution is 9.10. The Labute approximate surface area is 130 Å². The molecule has 0 heterocycles. The molecule has 0 spiro atoms. The van der Waals surface area contributed by atoms with E-state index < -0.39 is 0 Å². The summed E-state index contributed by atoms with van der Waals surface area (Å²) in [5.74, 6) is 0.884. The highest BCUT2D eigenvalue weighted by Gasteiger charge is 2.16. The van der Waals surface area contributed by atoms with Gasteiger partial charge in [0.1, 0.15) is 5.75 Å². The lowest BCUT2D eigenvalue weighted by Gasteiger charge is -2.17. The molecule has 0 unspecified atom stereocenters. The summed E-state index contributed by atoms with van der Waals surface area (Å²) in [6, 6.07) is 8.74. The van der Waals surface area contributed by atoms with Crippen molar-refractivity contribution in [3.8, 4) is 11.8 Å². The van der Waals surface area contributed by atoms with Crippen LogP contribution in [0.2, 0.25) is 0 Å². The van der Waals surface area contributed by atoms with E-state index in [0.717, 1.165) is 28.8 Å². The van der Waals surface area contributed by atoms with Gasteiger partial charge in [0.15, 0.2) is 0 Å². The molecule has 0 amide bonds. The standard InChI is InChI=1S/C16H23BrN2O/c1-12(2)19-10-13-9-14(17)5-6-15(13)20-8-7-16(3,4)11-18/h5-6,9,12,19H,7-8,10H2,1-4H3. The lowest BCUT2D eigenvalue weighted by molar-refractivity contribution is 0.261. The maximum Gasteiger partial charge on any atom is 0.123 e. The third-order valence-corrected chi connectivity index (χ3v) is 3.50. The fourth-order valence-corrected chi connectivity index (χ4v) is 2.02. The molecule has 0 saturated heterocycles. The molecule has 0 bridgehead atoms. The van der Waals surface area contributed by atoms with E-state index in [0.29, 0.717) is 12.6 Å². The van der Waals surface area contributed by atoms with Gasteiger partial charge in [0.2, 0.25) is 0 Å². The smallest absolute Gasteiger partial charge is 0.123 e. The highest BCUT2D eigenvalue weighted by Crippen LogP contribution is 2.25. The van der Waals surface area contributed by atoms with E-state index in [1.165, 1.54) is 0 Å². The molecule has 0 fully saturated rings. The molecular weight excluding hydrogens is 316 g/mol. The van der Waals surface area contributed by atoms with Crippen LogP contribution in [-0.4, -0.2) is 12.6 Å². The Morgan fingerprint density at radius 3 is 2.70 bits per heavy atom. The minimum atomic E-state index is -0.342. The first-order valence-electron chi connectivity index (χ1n) is 6.90. The van der Waals surface area contributed by atoms with E-state index in [1.807, 2.05) is 26.0 Å². The van der Waals surface area contributed by atoms with Crippen molar-refractivity contribution in [2.24, 2.45) is 5.41 Å². The monoisotopic (exact) mass is 338 g/mol. The van der Waals surface area contributed by atoms with Gasteiger partial charge in [-0.1, -0.05) is 29.8 Å². The fraction of sp³-hybridized carbons (Fsp3) is 0.562. The Morgan fingerprint density at radius 1 is 1.40 bits per heavy atom. The van der Waals surface area contributed by atoms with E-state index in [1.54, 1.807) is 0 Å². The van der Waals surface area contributed by atoms with Crippen LogP contribution >= 0.6 is 15.9 Å². The second-order valence-corrected chi connectivity index (χ2v) is 6.80. The summed E-state index contributed by atoms with van der Waals surface area (Å²) < 4.78 is 6.89. The quantitative estimate of drug-likeness (QED) is 0.807.